The quantitative estimate of drug-likeness (QED) is 0.183. The van der Waals surface area contributed by atoms with E-state index in [1.807, 2.05) is 18.2 Å². The molecule has 0 unspecified atom stereocenters. The third kappa shape index (κ3) is 4.80. The van der Waals surface area contributed by atoms with Crippen LogP contribution in [-0.2, 0) is 6.54 Å². The van der Waals surface area contributed by atoms with Crippen molar-refractivity contribution in [3.8, 4) is 17.3 Å². The third-order valence-corrected chi connectivity index (χ3v) is 5.81. The number of primary amides is 1. The van der Waals surface area contributed by atoms with E-state index in [-0.39, 0.29) is 5.69 Å². The highest BCUT2D eigenvalue weighted by Gasteiger charge is 2.18. The second-order valence-corrected chi connectivity index (χ2v) is 8.28. The maximum atomic E-state index is 11.9. The molecular formula is C25H24BN7O4. The van der Waals surface area contributed by atoms with Gasteiger partial charge in [0.25, 0.3) is 5.91 Å². The fourth-order valence-electron chi connectivity index (χ4n) is 4.09. The van der Waals surface area contributed by atoms with Crippen LogP contribution in [0.25, 0.3) is 27.9 Å². The summed E-state index contributed by atoms with van der Waals surface area (Å²) in [6.45, 7) is 1.01. The van der Waals surface area contributed by atoms with Crippen LogP contribution in [0.4, 0.5) is 5.82 Å². The molecule has 5 rings (SSSR count). The van der Waals surface area contributed by atoms with E-state index in [2.05, 4.69) is 10.3 Å². The van der Waals surface area contributed by atoms with Gasteiger partial charge in [-0.3, -0.25) is 9.20 Å². The summed E-state index contributed by atoms with van der Waals surface area (Å²) < 4.78 is 7.45. The van der Waals surface area contributed by atoms with Crippen LogP contribution >= 0.6 is 0 Å². The first-order valence-electron chi connectivity index (χ1n) is 11.5. The Kier molecular flexibility index (Phi) is 6.69. The number of aromatic nitrogens is 4. The summed E-state index contributed by atoms with van der Waals surface area (Å²) in [7, 11) is -1.56. The van der Waals surface area contributed by atoms with Crippen molar-refractivity contribution in [2.24, 2.45) is 11.5 Å². The number of carbonyl (C=O) groups excluding carboxylic acids is 1. The number of nitrogens with zero attached hydrogens (tertiary/aromatic N) is 4. The number of carbonyl (C=O) groups is 1. The average molecular weight is 497 g/mol. The summed E-state index contributed by atoms with van der Waals surface area (Å²) in [6, 6.07) is 17.6. The van der Waals surface area contributed by atoms with E-state index in [0.717, 1.165) is 10.9 Å². The van der Waals surface area contributed by atoms with Gasteiger partial charge in [0.05, 0.1) is 5.52 Å². The maximum Gasteiger partial charge on any atom is 0.488 e. The van der Waals surface area contributed by atoms with E-state index in [9.17, 15) is 14.8 Å². The predicted octanol–water partition coefficient (Wildman–Crippen LogP) is 0.673. The van der Waals surface area contributed by atoms with Crippen LogP contribution in [0.15, 0.2) is 67.0 Å². The van der Waals surface area contributed by atoms with E-state index in [4.69, 9.17) is 26.2 Å². The molecule has 0 bridgehead atoms. The molecule has 0 aliphatic heterocycles. The Morgan fingerprint density at radius 2 is 1.89 bits per heavy atom. The smallest absolute Gasteiger partial charge is 0.488 e. The summed E-state index contributed by atoms with van der Waals surface area (Å²) in [5.74, 6) is 0.813. The van der Waals surface area contributed by atoms with Gasteiger partial charge >= 0.3 is 7.12 Å². The van der Waals surface area contributed by atoms with Crippen molar-refractivity contribution in [3.63, 3.8) is 0 Å². The van der Waals surface area contributed by atoms with Gasteiger partial charge in [0.1, 0.15) is 41.4 Å². The molecule has 186 valence electrons. The molecule has 0 spiro atoms. The number of anilines is 1. The number of imidazole rings is 1. The predicted molar refractivity (Wildman–Crippen MR) is 140 cm³/mol. The number of para-hydroxylation sites is 1. The average Bonchev–Trinajstić information content (AvgIpc) is 3.34. The van der Waals surface area contributed by atoms with Crippen molar-refractivity contribution in [2.75, 3.05) is 18.5 Å². The van der Waals surface area contributed by atoms with Crippen LogP contribution in [0.5, 0.6) is 5.75 Å². The van der Waals surface area contributed by atoms with Gasteiger partial charge in [0.2, 0.25) is 0 Å². The third-order valence-electron chi connectivity index (χ3n) is 5.81. The first kappa shape index (κ1) is 24.2. The topological polar surface area (TPSA) is 174 Å². The molecule has 3 heterocycles. The van der Waals surface area contributed by atoms with Gasteiger partial charge in [0, 0.05) is 18.5 Å². The summed E-state index contributed by atoms with van der Waals surface area (Å²) >= 11 is 0. The standard InChI is InChI=1S/C25H24BN7O4/c27-10-11-37-20-9-2-6-17-21(20)31-25(22-18-7-3-8-19(23(28)34)33(18)14-30-22)32-24(17)29-13-15-4-1-5-16(12-15)26(35)36/h1-9,12,14,35-36H,10-11,13,27H2,(H2,28,34)(H,29,31,32). The first-order chi connectivity index (χ1) is 18.0. The van der Waals surface area contributed by atoms with Crippen molar-refractivity contribution in [3.05, 3.63) is 78.2 Å². The summed E-state index contributed by atoms with van der Waals surface area (Å²) in [5.41, 5.74) is 14.3. The van der Waals surface area contributed by atoms with Crippen LogP contribution in [0.3, 0.4) is 0 Å². The Morgan fingerprint density at radius 1 is 1.08 bits per heavy atom. The van der Waals surface area contributed by atoms with Crippen LogP contribution in [0.2, 0.25) is 0 Å². The lowest BCUT2D eigenvalue weighted by atomic mass is 9.80. The Labute approximate surface area is 211 Å². The Morgan fingerprint density at radius 3 is 2.68 bits per heavy atom. The molecule has 0 radical (unpaired) electrons. The molecule has 7 N–H and O–H groups in total. The van der Waals surface area contributed by atoms with Crippen LogP contribution < -0.4 is 27.0 Å². The molecule has 0 aliphatic rings. The van der Waals surface area contributed by atoms with Crippen LogP contribution in [0.1, 0.15) is 16.1 Å². The molecule has 0 aliphatic carbocycles. The lowest BCUT2D eigenvalue weighted by Gasteiger charge is -2.14. The van der Waals surface area contributed by atoms with Gasteiger partial charge in [0.15, 0.2) is 5.82 Å². The number of nitrogens with two attached hydrogens (primary N) is 2. The first-order valence-corrected chi connectivity index (χ1v) is 11.5. The number of pyridine rings is 1. The summed E-state index contributed by atoms with van der Waals surface area (Å²) in [6.07, 6.45) is 1.51. The van der Waals surface area contributed by atoms with E-state index in [0.29, 0.717) is 59.3 Å². The largest absolute Gasteiger partial charge is 0.490 e. The van der Waals surface area contributed by atoms with Crippen molar-refractivity contribution >= 4 is 40.7 Å². The molecule has 11 nitrogen and oxygen atoms in total. The van der Waals surface area contributed by atoms with E-state index in [1.165, 1.54) is 6.33 Å². The second kappa shape index (κ2) is 10.2. The molecule has 0 saturated heterocycles. The highest BCUT2D eigenvalue weighted by atomic mass is 16.5. The van der Waals surface area contributed by atoms with Gasteiger partial charge in [-0.1, -0.05) is 36.4 Å². The molecule has 0 fully saturated rings. The number of amides is 1. The fraction of sp³-hybridized carbons (Fsp3) is 0.120. The minimum Gasteiger partial charge on any atom is -0.490 e. The zero-order chi connectivity index (χ0) is 25.9. The molecule has 2 aromatic carbocycles. The maximum absolute atomic E-state index is 11.9. The fourth-order valence-corrected chi connectivity index (χ4v) is 4.09. The minimum atomic E-state index is -1.56. The van der Waals surface area contributed by atoms with E-state index >= 15 is 0 Å². The van der Waals surface area contributed by atoms with Gasteiger partial charge in [-0.25, -0.2) is 15.0 Å². The van der Waals surface area contributed by atoms with Crippen molar-refractivity contribution in [1.29, 1.82) is 0 Å². The van der Waals surface area contributed by atoms with Crippen LogP contribution in [-0.4, -0.2) is 55.6 Å². The normalized spacial score (nSPS) is 11.1. The lowest BCUT2D eigenvalue weighted by molar-refractivity contribution is 0.0994. The van der Waals surface area contributed by atoms with Crippen molar-refractivity contribution in [1.82, 2.24) is 19.4 Å². The Hall–Kier alpha value is -4.52. The molecule has 3 aromatic heterocycles. The monoisotopic (exact) mass is 497 g/mol. The van der Waals surface area contributed by atoms with Crippen molar-refractivity contribution < 1.29 is 19.6 Å². The summed E-state index contributed by atoms with van der Waals surface area (Å²) in [4.78, 5) is 25.9. The molecule has 12 heteroatoms. The Balaban J connectivity index is 1.63. The SMILES string of the molecule is NCCOc1cccc2c(NCc3cccc(B(O)O)c3)nc(-c3ncn4c(C(N)=O)cccc34)nc12. The second-order valence-electron chi connectivity index (χ2n) is 8.28. The van der Waals surface area contributed by atoms with Crippen molar-refractivity contribution in [2.45, 2.75) is 6.54 Å². The lowest BCUT2D eigenvalue weighted by Crippen LogP contribution is -2.30. The molecular weight excluding hydrogens is 473 g/mol. The van der Waals surface area contributed by atoms with E-state index in [1.54, 1.807) is 46.9 Å². The Bertz CT molecular complexity index is 1610. The number of nitrogens with one attached hydrogen (secondary N) is 1. The number of rotatable bonds is 9. The molecule has 5 aromatic rings. The number of hydrogen-bond donors (Lipinski definition) is 5. The molecule has 1 amide bonds. The van der Waals surface area contributed by atoms with Gasteiger partial charge in [-0.2, -0.15) is 0 Å². The van der Waals surface area contributed by atoms with Gasteiger partial charge < -0.3 is 31.6 Å². The van der Waals surface area contributed by atoms with E-state index < -0.39 is 13.0 Å². The summed E-state index contributed by atoms with van der Waals surface area (Å²) in [5, 5.41) is 23.1. The highest BCUT2D eigenvalue weighted by Crippen LogP contribution is 2.32. The number of hydrogen-bond acceptors (Lipinski definition) is 9. The van der Waals surface area contributed by atoms with Gasteiger partial charge in [-0.15, -0.1) is 0 Å². The zero-order valence-corrected chi connectivity index (χ0v) is 19.7. The highest BCUT2D eigenvalue weighted by molar-refractivity contribution is 6.58. The molecule has 37 heavy (non-hydrogen) atoms. The van der Waals surface area contributed by atoms with Gasteiger partial charge in [-0.05, 0) is 35.3 Å². The molecule has 0 saturated carbocycles. The number of ether oxygens (including phenoxy) is 1. The van der Waals surface area contributed by atoms with Crippen LogP contribution in [0, 0.1) is 0 Å². The minimum absolute atomic E-state index is 0.285. The zero-order valence-electron chi connectivity index (χ0n) is 19.7. The number of benzene rings is 2. The molecule has 0 atom stereocenters. The number of fused-ring (bicyclic) bond motifs is 2.